The van der Waals surface area contributed by atoms with Crippen molar-refractivity contribution in [2.45, 2.75) is 32.0 Å². The average Bonchev–Trinajstić information content (AvgIpc) is 3.06. The summed E-state index contributed by atoms with van der Waals surface area (Å²) < 4.78 is 25.1. The van der Waals surface area contributed by atoms with Crippen LogP contribution >= 0.6 is 22.9 Å². The Kier molecular flexibility index (Phi) is 5.02. The SMILES string of the molecule is CC(C)(C)OC(=O)N1CC(Oc2cc(Cl)c(F)cc2C#N)(c2nccs2)C1. The lowest BCUT2D eigenvalue weighted by Gasteiger charge is -2.48. The molecule has 1 amide bonds. The van der Waals surface area contributed by atoms with Crippen LogP contribution < -0.4 is 4.74 Å². The molecule has 0 aliphatic carbocycles. The van der Waals surface area contributed by atoms with Crippen LogP contribution in [0.2, 0.25) is 5.02 Å². The summed E-state index contributed by atoms with van der Waals surface area (Å²) in [4.78, 5) is 18.1. The summed E-state index contributed by atoms with van der Waals surface area (Å²) in [5.74, 6) is -0.559. The number of carbonyl (C=O) groups excluding carboxylic acids is 1. The second-order valence-corrected chi connectivity index (χ2v) is 8.45. The molecule has 1 aromatic carbocycles. The zero-order chi connectivity index (χ0) is 19.8. The number of benzene rings is 1. The summed E-state index contributed by atoms with van der Waals surface area (Å²) in [6, 6.07) is 4.19. The van der Waals surface area contributed by atoms with Gasteiger partial charge in [0.1, 0.15) is 28.2 Å². The molecule has 0 spiro atoms. The van der Waals surface area contributed by atoms with Gasteiger partial charge in [0.05, 0.1) is 23.7 Å². The Bertz CT molecular complexity index is 900. The third kappa shape index (κ3) is 3.99. The quantitative estimate of drug-likeness (QED) is 0.754. The van der Waals surface area contributed by atoms with E-state index < -0.39 is 23.1 Å². The fourth-order valence-electron chi connectivity index (χ4n) is 2.63. The average molecular weight is 410 g/mol. The van der Waals surface area contributed by atoms with Crippen molar-refractivity contribution >= 4 is 29.0 Å². The Morgan fingerprint density at radius 1 is 1.44 bits per heavy atom. The first kappa shape index (κ1) is 19.4. The molecule has 3 rings (SSSR count). The Balaban J connectivity index is 1.87. The maximum atomic E-state index is 13.7. The van der Waals surface area contributed by atoms with E-state index in [0.29, 0.717) is 5.01 Å². The molecule has 2 heterocycles. The zero-order valence-corrected chi connectivity index (χ0v) is 16.5. The summed E-state index contributed by atoms with van der Waals surface area (Å²) in [6.07, 6.45) is 1.17. The number of amides is 1. The first-order valence-electron chi connectivity index (χ1n) is 8.10. The smallest absolute Gasteiger partial charge is 0.410 e. The molecule has 0 atom stereocenters. The zero-order valence-electron chi connectivity index (χ0n) is 15.0. The largest absolute Gasteiger partial charge is 0.475 e. The van der Waals surface area contributed by atoms with Crippen LogP contribution in [0.1, 0.15) is 31.3 Å². The van der Waals surface area contributed by atoms with Crippen molar-refractivity contribution in [3.8, 4) is 11.8 Å². The van der Waals surface area contributed by atoms with Gasteiger partial charge in [-0.1, -0.05) is 11.6 Å². The van der Waals surface area contributed by atoms with Crippen molar-refractivity contribution in [3.63, 3.8) is 0 Å². The van der Waals surface area contributed by atoms with Crippen molar-refractivity contribution in [2.75, 3.05) is 13.1 Å². The minimum atomic E-state index is -0.947. The van der Waals surface area contributed by atoms with Gasteiger partial charge in [0.25, 0.3) is 0 Å². The highest BCUT2D eigenvalue weighted by Gasteiger charge is 2.52. The van der Waals surface area contributed by atoms with Crippen LogP contribution in [0.4, 0.5) is 9.18 Å². The fourth-order valence-corrected chi connectivity index (χ4v) is 3.54. The van der Waals surface area contributed by atoms with Crippen molar-refractivity contribution in [3.05, 3.63) is 45.1 Å². The standard InChI is InChI=1S/C18H17ClFN3O3S/c1-17(2,3)26-16(24)23-9-18(10-23,15-22-4-5-27-15)25-14-7-12(19)13(20)6-11(14)8-21/h4-7H,9-10H2,1-3H3. The highest BCUT2D eigenvalue weighted by atomic mass is 35.5. The highest BCUT2D eigenvalue weighted by Crippen LogP contribution is 2.40. The van der Waals surface area contributed by atoms with E-state index in [1.807, 2.05) is 6.07 Å². The predicted molar refractivity (Wildman–Crippen MR) is 98.4 cm³/mol. The summed E-state index contributed by atoms with van der Waals surface area (Å²) in [6.45, 7) is 5.74. The molecule has 0 N–H and O–H groups in total. The van der Waals surface area contributed by atoms with E-state index in [2.05, 4.69) is 4.98 Å². The normalized spacial score (nSPS) is 15.6. The molecule has 6 nitrogen and oxygen atoms in total. The number of rotatable bonds is 3. The monoisotopic (exact) mass is 409 g/mol. The van der Waals surface area contributed by atoms with Crippen molar-refractivity contribution < 1.29 is 18.7 Å². The molecule has 0 saturated carbocycles. The second kappa shape index (κ2) is 6.98. The number of halogens is 2. The number of hydrogen-bond donors (Lipinski definition) is 0. The van der Waals surface area contributed by atoms with Gasteiger partial charge in [0, 0.05) is 17.6 Å². The van der Waals surface area contributed by atoms with Gasteiger partial charge in [0.15, 0.2) is 5.60 Å². The van der Waals surface area contributed by atoms with E-state index in [4.69, 9.17) is 21.1 Å². The van der Waals surface area contributed by atoms with Crippen LogP contribution in [0.3, 0.4) is 0 Å². The number of hydrogen-bond acceptors (Lipinski definition) is 6. The fraction of sp³-hybridized carbons (Fsp3) is 0.389. The number of nitriles is 1. The van der Waals surface area contributed by atoms with E-state index in [0.717, 1.165) is 6.07 Å². The van der Waals surface area contributed by atoms with Crippen LogP contribution in [-0.2, 0) is 10.3 Å². The van der Waals surface area contributed by atoms with Crippen molar-refractivity contribution in [1.29, 1.82) is 5.26 Å². The molecule has 0 bridgehead atoms. The van der Waals surface area contributed by atoms with Crippen LogP contribution in [0.5, 0.6) is 5.75 Å². The lowest BCUT2D eigenvalue weighted by atomic mass is 9.94. The maximum absolute atomic E-state index is 13.7. The molecule has 1 saturated heterocycles. The van der Waals surface area contributed by atoms with Crippen LogP contribution in [0, 0.1) is 17.1 Å². The van der Waals surface area contributed by atoms with Crippen molar-refractivity contribution in [1.82, 2.24) is 9.88 Å². The third-order valence-corrected chi connectivity index (χ3v) is 5.06. The van der Waals surface area contributed by atoms with Gasteiger partial charge in [-0.05, 0) is 26.8 Å². The molecule has 1 aromatic heterocycles. The summed E-state index contributed by atoms with van der Waals surface area (Å²) in [5.41, 5.74) is -1.54. The number of aromatic nitrogens is 1. The first-order chi connectivity index (χ1) is 12.6. The Morgan fingerprint density at radius 3 is 2.70 bits per heavy atom. The molecule has 0 unspecified atom stereocenters. The third-order valence-electron chi connectivity index (χ3n) is 3.81. The molecule has 0 radical (unpaired) electrons. The number of carbonyl (C=O) groups is 1. The van der Waals surface area contributed by atoms with Gasteiger partial charge in [-0.2, -0.15) is 5.26 Å². The van der Waals surface area contributed by atoms with Gasteiger partial charge >= 0.3 is 6.09 Å². The molecule has 9 heteroatoms. The predicted octanol–water partition coefficient (Wildman–Crippen LogP) is 4.33. The lowest BCUT2D eigenvalue weighted by Crippen LogP contribution is -2.64. The molecule has 1 aliphatic heterocycles. The minimum absolute atomic E-state index is 0.0172. The van der Waals surface area contributed by atoms with E-state index >= 15 is 0 Å². The number of ether oxygens (including phenoxy) is 2. The minimum Gasteiger partial charge on any atom is -0.475 e. The van der Waals surface area contributed by atoms with Gasteiger partial charge in [0.2, 0.25) is 0 Å². The van der Waals surface area contributed by atoms with E-state index in [-0.39, 0.29) is 29.4 Å². The van der Waals surface area contributed by atoms with Crippen molar-refractivity contribution in [2.24, 2.45) is 0 Å². The second-order valence-electron chi connectivity index (χ2n) is 7.14. The molecule has 27 heavy (non-hydrogen) atoms. The lowest BCUT2D eigenvalue weighted by molar-refractivity contribution is -0.0864. The molecule has 142 valence electrons. The van der Waals surface area contributed by atoms with E-state index in [1.165, 1.54) is 22.3 Å². The van der Waals surface area contributed by atoms with Gasteiger partial charge in [-0.15, -0.1) is 11.3 Å². The van der Waals surface area contributed by atoms with Crippen LogP contribution in [-0.4, -0.2) is 34.7 Å². The van der Waals surface area contributed by atoms with E-state index in [9.17, 15) is 14.4 Å². The maximum Gasteiger partial charge on any atom is 0.410 e. The van der Waals surface area contributed by atoms with E-state index in [1.54, 1.807) is 32.3 Å². The Morgan fingerprint density at radius 2 is 2.15 bits per heavy atom. The first-order valence-corrected chi connectivity index (χ1v) is 9.35. The molecular formula is C18H17ClFN3O3S. The van der Waals surface area contributed by atoms with Crippen LogP contribution in [0.15, 0.2) is 23.7 Å². The van der Waals surface area contributed by atoms with Gasteiger partial charge in [-0.25, -0.2) is 14.2 Å². The topological polar surface area (TPSA) is 75.4 Å². The van der Waals surface area contributed by atoms with Gasteiger partial charge < -0.3 is 9.47 Å². The molecule has 1 aliphatic rings. The Hall–Kier alpha value is -2.37. The number of thiazole rings is 1. The Labute approximate surface area is 165 Å². The molecule has 2 aromatic rings. The highest BCUT2D eigenvalue weighted by molar-refractivity contribution is 7.09. The summed E-state index contributed by atoms with van der Waals surface area (Å²) >= 11 is 7.22. The number of likely N-dealkylation sites (tertiary alicyclic amines) is 1. The summed E-state index contributed by atoms with van der Waals surface area (Å²) in [5, 5.41) is 11.6. The summed E-state index contributed by atoms with van der Waals surface area (Å²) in [7, 11) is 0. The molecular weight excluding hydrogens is 393 g/mol. The molecule has 1 fully saturated rings. The number of nitrogens with zero attached hydrogens (tertiary/aromatic N) is 3. The van der Waals surface area contributed by atoms with Gasteiger partial charge in [-0.3, -0.25) is 4.90 Å². The van der Waals surface area contributed by atoms with Crippen LogP contribution in [0.25, 0.3) is 0 Å².